The van der Waals surface area contributed by atoms with Crippen LogP contribution in [-0.2, 0) is 14.3 Å². The van der Waals surface area contributed by atoms with Crippen molar-refractivity contribution in [1.29, 1.82) is 0 Å². The third kappa shape index (κ3) is 3.19. The lowest BCUT2D eigenvalue weighted by Crippen LogP contribution is -2.54. The molecule has 2 atom stereocenters. The van der Waals surface area contributed by atoms with Gasteiger partial charge in [0.05, 0.1) is 18.0 Å². The molecule has 0 saturated carbocycles. The van der Waals surface area contributed by atoms with Crippen LogP contribution in [0.25, 0.3) is 0 Å². The summed E-state index contributed by atoms with van der Waals surface area (Å²) in [6.07, 6.45) is 1.19. The SMILES string of the molecule is CCOC(=O)C(CC)N1C(=O)C(CC)Nc2cc(C)c(C)cc21. The zero-order valence-electron chi connectivity index (χ0n) is 14.6. The molecule has 0 spiro atoms. The van der Waals surface area contributed by atoms with Gasteiger partial charge in [-0.25, -0.2) is 4.79 Å². The Morgan fingerprint density at radius 3 is 2.48 bits per heavy atom. The largest absolute Gasteiger partial charge is 0.464 e. The fraction of sp³-hybridized carbons (Fsp3) is 0.556. The lowest BCUT2D eigenvalue weighted by Gasteiger charge is -2.39. The van der Waals surface area contributed by atoms with E-state index in [0.717, 1.165) is 22.5 Å². The van der Waals surface area contributed by atoms with Gasteiger partial charge in [-0.05, 0) is 56.9 Å². The van der Waals surface area contributed by atoms with Crippen molar-refractivity contribution >= 4 is 23.3 Å². The molecule has 0 aromatic heterocycles. The highest BCUT2D eigenvalue weighted by molar-refractivity contribution is 6.08. The average Bonchev–Trinajstić information content (AvgIpc) is 2.52. The number of esters is 1. The summed E-state index contributed by atoms with van der Waals surface area (Å²) in [7, 11) is 0. The molecule has 1 aromatic rings. The van der Waals surface area contributed by atoms with E-state index in [1.54, 1.807) is 11.8 Å². The van der Waals surface area contributed by atoms with Crippen molar-refractivity contribution in [3.8, 4) is 0 Å². The minimum atomic E-state index is -0.584. The summed E-state index contributed by atoms with van der Waals surface area (Å²) >= 11 is 0. The maximum atomic E-state index is 12.9. The molecule has 1 N–H and O–H groups in total. The predicted molar refractivity (Wildman–Crippen MR) is 91.8 cm³/mol. The van der Waals surface area contributed by atoms with Crippen molar-refractivity contribution in [3.63, 3.8) is 0 Å². The van der Waals surface area contributed by atoms with Gasteiger partial charge >= 0.3 is 5.97 Å². The van der Waals surface area contributed by atoms with Crippen LogP contribution in [0.3, 0.4) is 0 Å². The first kappa shape index (κ1) is 17.3. The van der Waals surface area contributed by atoms with Gasteiger partial charge in [-0.15, -0.1) is 0 Å². The number of nitrogens with zero attached hydrogens (tertiary/aromatic N) is 1. The highest BCUT2D eigenvalue weighted by Crippen LogP contribution is 2.36. The Balaban J connectivity index is 2.53. The van der Waals surface area contributed by atoms with Gasteiger partial charge in [0.2, 0.25) is 5.91 Å². The molecule has 2 rings (SSSR count). The first-order chi connectivity index (χ1) is 10.9. The monoisotopic (exact) mass is 318 g/mol. The number of fused-ring (bicyclic) bond motifs is 1. The summed E-state index contributed by atoms with van der Waals surface area (Å²) in [5.41, 5.74) is 3.92. The molecule has 126 valence electrons. The third-order valence-electron chi connectivity index (χ3n) is 4.40. The summed E-state index contributed by atoms with van der Waals surface area (Å²) in [6, 6.07) is 3.13. The number of ether oxygens (including phenoxy) is 1. The molecule has 1 aliphatic rings. The summed E-state index contributed by atoms with van der Waals surface area (Å²) in [6.45, 7) is 10.0. The molecule has 1 heterocycles. The van der Waals surface area contributed by atoms with E-state index >= 15 is 0 Å². The maximum absolute atomic E-state index is 12.9. The zero-order chi connectivity index (χ0) is 17.1. The third-order valence-corrected chi connectivity index (χ3v) is 4.40. The number of nitrogens with one attached hydrogen (secondary N) is 1. The second kappa shape index (κ2) is 7.02. The highest BCUT2D eigenvalue weighted by Gasteiger charge is 2.39. The molecule has 1 aliphatic heterocycles. The van der Waals surface area contributed by atoms with Crippen LogP contribution in [0.2, 0.25) is 0 Å². The standard InChI is InChI=1S/C18H26N2O3/c1-6-13-17(21)20(15(7-2)18(22)23-8-3)16-10-12(5)11(4)9-14(16)19-13/h9-10,13,15,19H,6-8H2,1-5H3. The average molecular weight is 318 g/mol. The van der Waals surface area contributed by atoms with Crippen molar-refractivity contribution in [3.05, 3.63) is 23.3 Å². The maximum Gasteiger partial charge on any atom is 0.329 e. The van der Waals surface area contributed by atoms with Crippen molar-refractivity contribution in [2.75, 3.05) is 16.8 Å². The van der Waals surface area contributed by atoms with Crippen LogP contribution >= 0.6 is 0 Å². The minimum absolute atomic E-state index is 0.0665. The van der Waals surface area contributed by atoms with Crippen LogP contribution in [0, 0.1) is 13.8 Å². The first-order valence-corrected chi connectivity index (χ1v) is 8.32. The van der Waals surface area contributed by atoms with Crippen LogP contribution in [-0.4, -0.2) is 30.6 Å². The van der Waals surface area contributed by atoms with Gasteiger partial charge < -0.3 is 10.1 Å². The number of carbonyl (C=O) groups excluding carboxylic acids is 2. The summed E-state index contributed by atoms with van der Waals surface area (Å²) in [4.78, 5) is 26.8. The molecule has 0 bridgehead atoms. The molecule has 23 heavy (non-hydrogen) atoms. The van der Waals surface area contributed by atoms with E-state index in [1.807, 2.05) is 39.8 Å². The van der Waals surface area contributed by atoms with Crippen LogP contribution in [0.4, 0.5) is 11.4 Å². The van der Waals surface area contributed by atoms with Crippen molar-refractivity contribution < 1.29 is 14.3 Å². The topological polar surface area (TPSA) is 58.6 Å². The first-order valence-electron chi connectivity index (χ1n) is 8.32. The molecule has 5 nitrogen and oxygen atoms in total. The fourth-order valence-electron chi connectivity index (χ4n) is 2.94. The van der Waals surface area contributed by atoms with Crippen LogP contribution in [0.15, 0.2) is 12.1 Å². The minimum Gasteiger partial charge on any atom is -0.464 e. The predicted octanol–water partition coefficient (Wildman–Crippen LogP) is 3.18. The summed E-state index contributed by atoms with van der Waals surface area (Å²) < 4.78 is 5.18. The van der Waals surface area contributed by atoms with Crippen LogP contribution in [0.1, 0.15) is 44.7 Å². The van der Waals surface area contributed by atoms with E-state index in [4.69, 9.17) is 4.74 Å². The van der Waals surface area contributed by atoms with Crippen molar-refractivity contribution in [2.24, 2.45) is 0 Å². The zero-order valence-corrected chi connectivity index (χ0v) is 14.6. The number of amides is 1. The van der Waals surface area contributed by atoms with E-state index in [1.165, 1.54) is 0 Å². The molecular formula is C18H26N2O3. The Morgan fingerprint density at radius 1 is 1.26 bits per heavy atom. The lowest BCUT2D eigenvalue weighted by atomic mass is 9.99. The molecular weight excluding hydrogens is 292 g/mol. The van der Waals surface area contributed by atoms with E-state index in [9.17, 15) is 9.59 Å². The van der Waals surface area contributed by atoms with Gasteiger partial charge in [-0.3, -0.25) is 9.69 Å². The Bertz CT molecular complexity index is 613. The lowest BCUT2D eigenvalue weighted by molar-refractivity contribution is -0.146. The second-order valence-corrected chi connectivity index (χ2v) is 5.94. The number of benzene rings is 1. The number of carbonyl (C=O) groups is 2. The number of anilines is 2. The van der Waals surface area contributed by atoms with E-state index < -0.39 is 6.04 Å². The Labute approximate surface area is 138 Å². The molecule has 0 radical (unpaired) electrons. The van der Waals surface area contributed by atoms with Crippen molar-refractivity contribution in [1.82, 2.24) is 0 Å². The van der Waals surface area contributed by atoms with Gasteiger partial charge in [0.15, 0.2) is 0 Å². The van der Waals surface area contributed by atoms with Gasteiger partial charge in [-0.1, -0.05) is 13.8 Å². The summed E-state index contributed by atoms with van der Waals surface area (Å²) in [5, 5.41) is 3.30. The van der Waals surface area contributed by atoms with Gasteiger partial charge in [0.1, 0.15) is 12.1 Å². The molecule has 5 heteroatoms. The van der Waals surface area contributed by atoms with E-state index in [-0.39, 0.29) is 17.9 Å². The molecule has 0 saturated heterocycles. The number of hydrogen-bond donors (Lipinski definition) is 1. The fourth-order valence-corrected chi connectivity index (χ4v) is 2.94. The van der Waals surface area contributed by atoms with E-state index in [2.05, 4.69) is 5.32 Å². The number of aryl methyl sites for hydroxylation is 2. The second-order valence-electron chi connectivity index (χ2n) is 5.94. The quantitative estimate of drug-likeness (QED) is 0.847. The van der Waals surface area contributed by atoms with Gasteiger partial charge in [-0.2, -0.15) is 0 Å². The molecule has 1 amide bonds. The molecule has 2 unspecified atom stereocenters. The summed E-state index contributed by atoms with van der Waals surface area (Å²) in [5.74, 6) is -0.410. The number of hydrogen-bond acceptors (Lipinski definition) is 4. The Morgan fingerprint density at radius 2 is 1.91 bits per heavy atom. The Hall–Kier alpha value is -2.04. The van der Waals surface area contributed by atoms with Gasteiger partial charge in [0, 0.05) is 0 Å². The highest BCUT2D eigenvalue weighted by atomic mass is 16.5. The Kier molecular flexibility index (Phi) is 5.29. The molecule has 0 aliphatic carbocycles. The van der Waals surface area contributed by atoms with Crippen molar-refractivity contribution in [2.45, 2.75) is 59.5 Å². The molecule has 1 aromatic carbocycles. The molecule has 0 fully saturated rings. The smallest absolute Gasteiger partial charge is 0.329 e. The normalized spacial score (nSPS) is 18.2. The number of rotatable bonds is 5. The van der Waals surface area contributed by atoms with E-state index in [0.29, 0.717) is 19.4 Å². The van der Waals surface area contributed by atoms with Gasteiger partial charge in [0.25, 0.3) is 0 Å². The van der Waals surface area contributed by atoms with Crippen LogP contribution in [0.5, 0.6) is 0 Å². The van der Waals surface area contributed by atoms with Crippen LogP contribution < -0.4 is 10.2 Å².